The summed E-state index contributed by atoms with van der Waals surface area (Å²) in [4.78, 5) is 37.1. The van der Waals surface area contributed by atoms with Gasteiger partial charge in [-0.05, 0) is 50.6 Å². The van der Waals surface area contributed by atoms with Crippen LogP contribution in [0.25, 0.3) is 22.3 Å². The number of nitrogens with one attached hydrogen (secondary N) is 2. The number of H-pyrrole nitrogens is 1. The van der Waals surface area contributed by atoms with Crippen LogP contribution in [0, 0.1) is 0 Å². The van der Waals surface area contributed by atoms with Gasteiger partial charge in [0.25, 0.3) is 0 Å². The number of rotatable bonds is 6. The largest absolute Gasteiger partial charge is 0.491 e. The predicted octanol–water partition coefficient (Wildman–Crippen LogP) is 4.87. The number of carbonyl (C=O) groups excluding carboxylic acids is 1. The van der Waals surface area contributed by atoms with Gasteiger partial charge >= 0.3 is 6.09 Å². The van der Waals surface area contributed by atoms with Crippen molar-refractivity contribution in [1.29, 1.82) is 0 Å². The fourth-order valence-corrected chi connectivity index (χ4v) is 4.60. The summed E-state index contributed by atoms with van der Waals surface area (Å²) in [6, 6.07) is 9.76. The number of halogens is 1. The summed E-state index contributed by atoms with van der Waals surface area (Å²) >= 11 is 6.17. The van der Waals surface area contributed by atoms with Gasteiger partial charge in [-0.1, -0.05) is 17.7 Å². The number of anilines is 2. The number of carbonyl (C=O) groups is 1. The molecule has 0 atom stereocenters. The summed E-state index contributed by atoms with van der Waals surface area (Å²) in [6.45, 7) is 9.23. The van der Waals surface area contributed by atoms with Gasteiger partial charge in [0.1, 0.15) is 23.4 Å². The number of piperazine rings is 1. The molecule has 4 heterocycles. The zero-order chi connectivity index (χ0) is 27.6. The second-order valence-corrected chi connectivity index (χ2v) is 10.6. The van der Waals surface area contributed by atoms with Crippen LogP contribution in [0.3, 0.4) is 0 Å². The van der Waals surface area contributed by atoms with Crippen molar-refractivity contribution in [2.75, 3.05) is 38.6 Å². The summed E-state index contributed by atoms with van der Waals surface area (Å²) in [7, 11) is 1.54. The van der Waals surface area contributed by atoms with Crippen LogP contribution in [0.4, 0.5) is 16.6 Å². The maximum absolute atomic E-state index is 12.3. The number of aromatic nitrogens is 5. The lowest BCUT2D eigenvalue weighted by Gasteiger charge is -2.35. The second kappa shape index (κ2) is 11.0. The SMILES string of the molecule is COc1c(Cl)ncnc1-c1ccc2nc(Nc3cc(CN4CCN(C(=O)OC(C)(C)C)CC4)ccn3)[nH]c2c1. The summed E-state index contributed by atoms with van der Waals surface area (Å²) in [5.74, 6) is 1.68. The Balaban J connectivity index is 1.23. The van der Waals surface area contributed by atoms with Crippen LogP contribution in [0.1, 0.15) is 26.3 Å². The maximum Gasteiger partial charge on any atom is 0.410 e. The van der Waals surface area contributed by atoms with E-state index in [2.05, 4.69) is 35.1 Å². The summed E-state index contributed by atoms with van der Waals surface area (Å²) in [5.41, 5.74) is 3.67. The van der Waals surface area contributed by atoms with Crippen LogP contribution in [0.15, 0.2) is 42.9 Å². The average Bonchev–Trinajstić information content (AvgIpc) is 3.29. The lowest BCUT2D eigenvalue weighted by atomic mass is 10.1. The average molecular weight is 551 g/mol. The molecule has 204 valence electrons. The van der Waals surface area contributed by atoms with E-state index in [-0.39, 0.29) is 11.2 Å². The number of hydrogen-bond acceptors (Lipinski definition) is 9. The van der Waals surface area contributed by atoms with E-state index in [0.29, 0.717) is 36.3 Å². The lowest BCUT2D eigenvalue weighted by molar-refractivity contribution is 0.0139. The first-order chi connectivity index (χ1) is 18.7. The molecule has 1 aliphatic heterocycles. The molecule has 0 unspecified atom stereocenters. The van der Waals surface area contributed by atoms with E-state index in [1.54, 1.807) is 11.1 Å². The van der Waals surface area contributed by atoms with Gasteiger partial charge in [0.2, 0.25) is 5.95 Å². The Morgan fingerprint density at radius 3 is 2.64 bits per heavy atom. The van der Waals surface area contributed by atoms with E-state index in [4.69, 9.17) is 21.1 Å². The van der Waals surface area contributed by atoms with E-state index in [0.717, 1.165) is 41.8 Å². The first-order valence-corrected chi connectivity index (χ1v) is 13.0. The van der Waals surface area contributed by atoms with Crippen molar-refractivity contribution in [3.05, 3.63) is 53.6 Å². The third-order valence-corrected chi connectivity index (χ3v) is 6.49. The number of benzene rings is 1. The van der Waals surface area contributed by atoms with Crippen molar-refractivity contribution in [3.63, 3.8) is 0 Å². The Morgan fingerprint density at radius 2 is 1.90 bits per heavy atom. The number of imidazole rings is 1. The van der Waals surface area contributed by atoms with Gasteiger partial charge in [0.05, 0.1) is 18.1 Å². The Morgan fingerprint density at radius 1 is 1.10 bits per heavy atom. The first kappa shape index (κ1) is 26.6. The minimum atomic E-state index is -0.491. The van der Waals surface area contributed by atoms with Gasteiger partial charge in [-0.25, -0.2) is 24.7 Å². The molecule has 0 radical (unpaired) electrons. The number of aromatic amines is 1. The normalized spacial score (nSPS) is 14.4. The quantitative estimate of drug-likeness (QED) is 0.324. The van der Waals surface area contributed by atoms with Crippen LogP contribution < -0.4 is 10.1 Å². The molecule has 2 N–H and O–H groups in total. The summed E-state index contributed by atoms with van der Waals surface area (Å²) in [5, 5.41) is 3.52. The van der Waals surface area contributed by atoms with Gasteiger partial charge in [-0.15, -0.1) is 0 Å². The Kier molecular flexibility index (Phi) is 7.53. The van der Waals surface area contributed by atoms with Crippen LogP contribution in [0.5, 0.6) is 5.75 Å². The van der Waals surface area contributed by atoms with Gasteiger partial charge in [0, 0.05) is 44.5 Å². The van der Waals surface area contributed by atoms with Crippen molar-refractivity contribution in [3.8, 4) is 17.0 Å². The number of ether oxygens (including phenoxy) is 2. The second-order valence-electron chi connectivity index (χ2n) is 10.3. The number of methoxy groups -OCH3 is 1. The van der Waals surface area contributed by atoms with Crippen molar-refractivity contribution in [1.82, 2.24) is 34.7 Å². The summed E-state index contributed by atoms with van der Waals surface area (Å²) < 4.78 is 10.9. The van der Waals surface area contributed by atoms with E-state index < -0.39 is 5.60 Å². The fraction of sp³-hybridized carbons (Fsp3) is 0.370. The number of fused-ring (bicyclic) bond motifs is 1. The molecule has 1 aliphatic rings. The van der Waals surface area contributed by atoms with E-state index >= 15 is 0 Å². The molecule has 1 fully saturated rings. The van der Waals surface area contributed by atoms with Crippen LogP contribution in [0.2, 0.25) is 5.15 Å². The molecule has 0 bridgehead atoms. The van der Waals surface area contributed by atoms with E-state index in [1.165, 1.54) is 13.4 Å². The molecule has 1 aromatic carbocycles. The Bertz CT molecular complexity index is 1480. The standard InChI is InChI=1S/C27H31ClN8O3/c1-27(2,3)39-26(37)36-11-9-35(10-12-36)15-17-7-8-29-21(13-17)34-25-32-19-6-5-18(14-20(19)33-25)22-23(38-4)24(28)31-16-30-22/h5-8,13-14,16H,9-12,15H2,1-4H3,(H2,29,32,33,34). The molecule has 0 aliphatic carbocycles. The van der Waals surface area contributed by atoms with E-state index in [9.17, 15) is 4.79 Å². The topological polar surface area (TPSA) is 121 Å². The number of hydrogen-bond donors (Lipinski definition) is 2. The molecule has 5 rings (SSSR count). The molecule has 3 aromatic heterocycles. The van der Waals surface area contributed by atoms with Crippen molar-refractivity contribution in [2.45, 2.75) is 32.9 Å². The molecular formula is C27H31ClN8O3. The van der Waals surface area contributed by atoms with Gasteiger partial charge in [-0.3, -0.25) is 4.90 Å². The molecule has 0 spiro atoms. The molecule has 1 saturated heterocycles. The highest BCUT2D eigenvalue weighted by atomic mass is 35.5. The van der Waals surface area contributed by atoms with E-state index in [1.807, 2.05) is 51.1 Å². The molecule has 39 heavy (non-hydrogen) atoms. The molecule has 4 aromatic rings. The van der Waals surface area contributed by atoms with Gasteiger partial charge in [-0.2, -0.15) is 0 Å². The third kappa shape index (κ3) is 6.37. The van der Waals surface area contributed by atoms with Crippen LogP contribution in [-0.2, 0) is 11.3 Å². The molecule has 1 amide bonds. The minimum absolute atomic E-state index is 0.254. The van der Waals surface area contributed by atoms with Crippen LogP contribution in [-0.4, -0.2) is 79.7 Å². The lowest BCUT2D eigenvalue weighted by Crippen LogP contribution is -2.49. The molecule has 0 saturated carbocycles. The Hall–Kier alpha value is -3.96. The monoisotopic (exact) mass is 550 g/mol. The zero-order valence-electron chi connectivity index (χ0n) is 22.4. The third-order valence-electron chi connectivity index (χ3n) is 6.22. The maximum atomic E-state index is 12.3. The number of amides is 1. The van der Waals surface area contributed by atoms with Gasteiger partial charge in [0.15, 0.2) is 10.9 Å². The highest BCUT2D eigenvalue weighted by Crippen LogP contribution is 2.34. The minimum Gasteiger partial charge on any atom is -0.491 e. The van der Waals surface area contributed by atoms with Crippen LogP contribution >= 0.6 is 11.6 Å². The van der Waals surface area contributed by atoms with Gasteiger partial charge < -0.3 is 24.7 Å². The Labute approximate surface area is 231 Å². The molecular weight excluding hydrogens is 520 g/mol. The first-order valence-electron chi connectivity index (χ1n) is 12.7. The predicted molar refractivity (Wildman–Crippen MR) is 149 cm³/mol. The zero-order valence-corrected chi connectivity index (χ0v) is 23.1. The highest BCUT2D eigenvalue weighted by Gasteiger charge is 2.26. The fourth-order valence-electron chi connectivity index (χ4n) is 4.39. The molecule has 11 nitrogen and oxygen atoms in total. The van der Waals surface area contributed by atoms with Crippen molar-refractivity contribution < 1.29 is 14.3 Å². The molecule has 12 heteroatoms. The van der Waals surface area contributed by atoms with Crippen molar-refractivity contribution >= 4 is 40.5 Å². The highest BCUT2D eigenvalue weighted by molar-refractivity contribution is 6.31. The summed E-state index contributed by atoms with van der Waals surface area (Å²) in [6.07, 6.45) is 2.93. The number of nitrogens with zero attached hydrogens (tertiary/aromatic N) is 6. The number of pyridine rings is 1. The van der Waals surface area contributed by atoms with Crippen molar-refractivity contribution in [2.24, 2.45) is 0 Å². The smallest absolute Gasteiger partial charge is 0.410 e.